The highest BCUT2D eigenvalue weighted by Crippen LogP contribution is 2.17. The van der Waals surface area contributed by atoms with Gasteiger partial charge in [-0.1, -0.05) is 0 Å². The topological polar surface area (TPSA) is 52.3 Å². The molecule has 0 aliphatic heterocycles. The summed E-state index contributed by atoms with van der Waals surface area (Å²) < 4.78 is 44.5. The average Bonchev–Trinajstić information content (AvgIpc) is 2.20. The van der Waals surface area contributed by atoms with E-state index in [4.69, 9.17) is 10.5 Å². The maximum absolute atomic E-state index is 13.4. The molecule has 0 saturated heterocycles. The van der Waals surface area contributed by atoms with E-state index in [0.29, 0.717) is 12.1 Å². The summed E-state index contributed by atoms with van der Waals surface area (Å²) in [5, 5.41) is 0. The Morgan fingerprint density at radius 2 is 1.70 bits per heavy atom. The summed E-state index contributed by atoms with van der Waals surface area (Å²) in [6.07, 6.45) is -0.396. The first-order chi connectivity index (χ1) is 8.60. The van der Waals surface area contributed by atoms with Gasteiger partial charge in [0.05, 0.1) is 0 Å². The number of carbonyl (C=O) groups is 1. The maximum Gasteiger partial charge on any atom is 0.323 e. The van der Waals surface area contributed by atoms with Crippen molar-refractivity contribution >= 4 is 18.4 Å². The van der Waals surface area contributed by atoms with E-state index < -0.39 is 47.0 Å². The lowest BCUT2D eigenvalue weighted by Gasteiger charge is -2.22. The summed E-state index contributed by atoms with van der Waals surface area (Å²) in [4.78, 5) is 11.6. The minimum absolute atomic E-state index is 0. The van der Waals surface area contributed by atoms with E-state index in [9.17, 15) is 18.0 Å². The molecule has 0 fully saturated rings. The van der Waals surface area contributed by atoms with E-state index in [2.05, 4.69) is 0 Å². The number of esters is 1. The van der Waals surface area contributed by atoms with Crippen molar-refractivity contribution in [2.75, 3.05) is 0 Å². The van der Waals surface area contributed by atoms with E-state index >= 15 is 0 Å². The van der Waals surface area contributed by atoms with Gasteiger partial charge >= 0.3 is 5.97 Å². The zero-order chi connectivity index (χ0) is 14.8. The smallest absolute Gasteiger partial charge is 0.323 e. The van der Waals surface area contributed by atoms with Gasteiger partial charge in [0.15, 0.2) is 0 Å². The molecule has 114 valence electrons. The monoisotopic (exact) mass is 311 g/mol. The van der Waals surface area contributed by atoms with Gasteiger partial charge in [0.25, 0.3) is 0 Å². The molecule has 1 aromatic carbocycles. The van der Waals surface area contributed by atoms with Gasteiger partial charge in [0.1, 0.15) is 29.1 Å². The second kappa shape index (κ2) is 6.95. The van der Waals surface area contributed by atoms with Gasteiger partial charge in [-0.3, -0.25) is 4.79 Å². The highest BCUT2D eigenvalue weighted by molar-refractivity contribution is 5.85. The number of ether oxygens (including phenoxy) is 1. The van der Waals surface area contributed by atoms with E-state index in [-0.39, 0.29) is 12.4 Å². The van der Waals surface area contributed by atoms with Crippen LogP contribution in [-0.2, 0) is 16.0 Å². The Morgan fingerprint density at radius 3 is 2.10 bits per heavy atom. The van der Waals surface area contributed by atoms with Crippen LogP contribution >= 0.6 is 12.4 Å². The summed E-state index contributed by atoms with van der Waals surface area (Å²) in [6, 6.07) is -0.130. The zero-order valence-corrected chi connectivity index (χ0v) is 12.2. The molecule has 20 heavy (non-hydrogen) atoms. The van der Waals surface area contributed by atoms with Gasteiger partial charge in [-0.2, -0.15) is 0 Å². The van der Waals surface area contributed by atoms with Crippen molar-refractivity contribution in [1.82, 2.24) is 0 Å². The van der Waals surface area contributed by atoms with Crippen LogP contribution in [0, 0.1) is 17.5 Å². The third kappa shape index (κ3) is 5.38. The average molecular weight is 312 g/mol. The predicted octanol–water partition coefficient (Wildman–Crippen LogP) is 2.74. The fourth-order valence-corrected chi connectivity index (χ4v) is 1.45. The third-order valence-electron chi connectivity index (χ3n) is 2.24. The van der Waals surface area contributed by atoms with Gasteiger partial charge in [0.2, 0.25) is 0 Å². The molecule has 0 spiro atoms. The van der Waals surface area contributed by atoms with Crippen LogP contribution in [0.25, 0.3) is 0 Å². The Bertz CT molecular complexity index is 466. The molecule has 0 aromatic heterocycles. The van der Waals surface area contributed by atoms with Gasteiger partial charge in [0, 0.05) is 24.1 Å². The highest BCUT2D eigenvalue weighted by atomic mass is 35.5. The van der Waals surface area contributed by atoms with Gasteiger partial charge in [-0.25, -0.2) is 13.2 Å². The maximum atomic E-state index is 13.4. The minimum atomic E-state index is -1.21. The Kier molecular flexibility index (Phi) is 6.50. The lowest BCUT2D eigenvalue weighted by Crippen LogP contribution is -2.39. The summed E-state index contributed by atoms with van der Waals surface area (Å²) in [6.45, 7) is 4.95. The normalized spacial score (nSPS) is 12.6. The summed E-state index contributed by atoms with van der Waals surface area (Å²) >= 11 is 0. The van der Waals surface area contributed by atoms with E-state index in [1.54, 1.807) is 20.8 Å². The predicted molar refractivity (Wildman–Crippen MR) is 71.1 cm³/mol. The van der Waals surface area contributed by atoms with Crippen LogP contribution in [0.2, 0.25) is 0 Å². The van der Waals surface area contributed by atoms with Crippen molar-refractivity contribution < 1.29 is 22.7 Å². The number of nitrogens with two attached hydrogens (primary N) is 1. The lowest BCUT2D eigenvalue weighted by molar-refractivity contribution is -0.156. The molecule has 0 unspecified atom stereocenters. The van der Waals surface area contributed by atoms with Gasteiger partial charge in [-0.15, -0.1) is 12.4 Å². The number of hydrogen-bond donors (Lipinski definition) is 1. The number of hydrogen-bond acceptors (Lipinski definition) is 3. The zero-order valence-electron chi connectivity index (χ0n) is 11.4. The molecule has 0 bridgehead atoms. The molecule has 1 rings (SSSR count). The van der Waals surface area contributed by atoms with Crippen LogP contribution in [0.5, 0.6) is 0 Å². The molecule has 1 atom stereocenters. The van der Waals surface area contributed by atoms with Crippen LogP contribution in [0.15, 0.2) is 12.1 Å². The number of carbonyl (C=O) groups excluding carboxylic acids is 1. The molecule has 7 heteroatoms. The Morgan fingerprint density at radius 1 is 1.25 bits per heavy atom. The quantitative estimate of drug-likeness (QED) is 0.873. The SMILES string of the molecule is CC(C)(C)OC(=O)[C@@H](N)Cc1c(F)cc(F)cc1F.Cl. The minimum Gasteiger partial charge on any atom is -0.459 e. The molecule has 1 aromatic rings. The van der Waals surface area contributed by atoms with E-state index in [1.807, 2.05) is 0 Å². The van der Waals surface area contributed by atoms with Crippen molar-refractivity contribution in [2.45, 2.75) is 38.8 Å². The summed E-state index contributed by atoms with van der Waals surface area (Å²) in [7, 11) is 0. The molecular weight excluding hydrogens is 295 g/mol. The molecule has 0 radical (unpaired) electrons. The van der Waals surface area contributed by atoms with Crippen molar-refractivity contribution in [3.8, 4) is 0 Å². The highest BCUT2D eigenvalue weighted by Gasteiger charge is 2.24. The van der Waals surface area contributed by atoms with Gasteiger partial charge < -0.3 is 10.5 Å². The second-order valence-corrected chi connectivity index (χ2v) is 5.19. The molecular formula is C13H17ClF3NO2. The van der Waals surface area contributed by atoms with Crippen LogP contribution < -0.4 is 5.73 Å². The molecule has 0 aliphatic rings. The fraction of sp³-hybridized carbons (Fsp3) is 0.462. The van der Waals surface area contributed by atoms with Crippen LogP contribution in [0.3, 0.4) is 0 Å². The number of halogens is 4. The summed E-state index contributed by atoms with van der Waals surface area (Å²) in [5.74, 6) is -3.94. The molecule has 0 amide bonds. The number of rotatable bonds is 3. The van der Waals surface area contributed by atoms with Crippen LogP contribution in [0.4, 0.5) is 13.2 Å². The Labute approximate surface area is 121 Å². The fourth-order valence-electron chi connectivity index (χ4n) is 1.45. The first kappa shape index (κ1) is 18.7. The van der Waals surface area contributed by atoms with Crippen molar-refractivity contribution in [3.63, 3.8) is 0 Å². The van der Waals surface area contributed by atoms with Crippen molar-refractivity contribution in [2.24, 2.45) is 5.73 Å². The lowest BCUT2D eigenvalue weighted by atomic mass is 10.0. The van der Waals surface area contributed by atoms with E-state index in [0.717, 1.165) is 0 Å². The molecule has 0 aliphatic carbocycles. The third-order valence-corrected chi connectivity index (χ3v) is 2.24. The van der Waals surface area contributed by atoms with Gasteiger partial charge in [-0.05, 0) is 20.8 Å². The summed E-state index contributed by atoms with van der Waals surface area (Å²) in [5.41, 5.74) is 4.36. The van der Waals surface area contributed by atoms with Crippen LogP contribution in [0.1, 0.15) is 26.3 Å². The molecule has 0 heterocycles. The molecule has 2 N–H and O–H groups in total. The van der Waals surface area contributed by atoms with E-state index in [1.165, 1.54) is 0 Å². The standard InChI is InChI=1S/C13H16F3NO2.ClH/c1-13(2,3)19-12(18)11(17)6-8-9(15)4-7(14)5-10(8)16;/h4-5,11H,6,17H2,1-3H3;1H/t11-;/m0./s1. The first-order valence-corrected chi connectivity index (χ1v) is 5.72. The largest absolute Gasteiger partial charge is 0.459 e. The number of benzene rings is 1. The first-order valence-electron chi connectivity index (χ1n) is 5.72. The van der Waals surface area contributed by atoms with Crippen molar-refractivity contribution in [3.05, 3.63) is 35.1 Å². The van der Waals surface area contributed by atoms with Crippen LogP contribution in [-0.4, -0.2) is 17.6 Å². The Balaban J connectivity index is 0.00000361. The molecule has 3 nitrogen and oxygen atoms in total. The van der Waals surface area contributed by atoms with Crippen molar-refractivity contribution in [1.29, 1.82) is 0 Å². The second-order valence-electron chi connectivity index (χ2n) is 5.19. The Hall–Kier alpha value is -1.27. The molecule has 0 saturated carbocycles.